The summed E-state index contributed by atoms with van der Waals surface area (Å²) in [5.74, 6) is 0.485. The van der Waals surface area contributed by atoms with E-state index >= 15 is 0 Å². The molecule has 30 heavy (non-hydrogen) atoms. The van der Waals surface area contributed by atoms with Crippen molar-refractivity contribution >= 4 is 21.6 Å². The Hall–Kier alpha value is -2.78. The fourth-order valence-corrected chi connectivity index (χ4v) is 4.41. The molecular weight excluding hydrogens is 408 g/mol. The van der Waals surface area contributed by atoms with E-state index in [1.54, 1.807) is 17.0 Å². The topological polar surface area (TPSA) is 94.2 Å². The van der Waals surface area contributed by atoms with E-state index in [0.29, 0.717) is 43.5 Å². The molecule has 0 bridgehead atoms. The van der Waals surface area contributed by atoms with Gasteiger partial charge in [-0.05, 0) is 49.2 Å². The average Bonchev–Trinajstić information content (AvgIpc) is 2.75. The van der Waals surface area contributed by atoms with Crippen LogP contribution in [0.4, 0.5) is 5.69 Å². The van der Waals surface area contributed by atoms with Gasteiger partial charge in [0.15, 0.2) is 11.5 Å². The standard InChI is InChI=1S/C21H24N2O6S/c1-14-3-4-16(11-15(14)2)22-30(25,26)17-5-6-18-19(12-17)28-13-20(29-18)21(24)23-7-9-27-10-8-23/h3-6,11-12,20,22H,7-10,13H2,1-2H3/t20-/m1/s1. The lowest BCUT2D eigenvalue weighted by Crippen LogP contribution is -2.50. The van der Waals surface area contributed by atoms with Gasteiger partial charge in [-0.2, -0.15) is 0 Å². The Balaban J connectivity index is 1.49. The minimum Gasteiger partial charge on any atom is -0.485 e. The molecule has 0 unspecified atom stereocenters. The zero-order valence-electron chi connectivity index (χ0n) is 16.9. The first kappa shape index (κ1) is 20.5. The molecule has 9 heteroatoms. The van der Waals surface area contributed by atoms with Gasteiger partial charge in [-0.1, -0.05) is 6.07 Å². The largest absolute Gasteiger partial charge is 0.485 e. The van der Waals surface area contributed by atoms with Crippen molar-refractivity contribution < 1.29 is 27.4 Å². The predicted molar refractivity (Wildman–Crippen MR) is 110 cm³/mol. The van der Waals surface area contributed by atoms with Gasteiger partial charge < -0.3 is 19.1 Å². The minimum absolute atomic E-state index is 0.0251. The van der Waals surface area contributed by atoms with Gasteiger partial charge in [0, 0.05) is 24.8 Å². The Bertz CT molecular complexity index is 1060. The molecule has 0 aromatic heterocycles. The molecule has 160 valence electrons. The smallest absolute Gasteiger partial charge is 0.267 e. The summed E-state index contributed by atoms with van der Waals surface area (Å²) in [6, 6.07) is 9.74. The summed E-state index contributed by atoms with van der Waals surface area (Å²) in [7, 11) is -3.80. The first-order valence-electron chi connectivity index (χ1n) is 9.73. The van der Waals surface area contributed by atoms with Gasteiger partial charge in [0.2, 0.25) is 6.10 Å². The number of carbonyl (C=O) groups excluding carboxylic acids is 1. The van der Waals surface area contributed by atoms with E-state index in [9.17, 15) is 13.2 Å². The third-order valence-corrected chi connectivity index (χ3v) is 6.62. The molecular formula is C21H24N2O6S. The summed E-state index contributed by atoms with van der Waals surface area (Å²) in [4.78, 5) is 14.3. The molecule has 1 amide bonds. The van der Waals surface area contributed by atoms with Gasteiger partial charge in [0.05, 0.1) is 18.1 Å². The van der Waals surface area contributed by atoms with Crippen LogP contribution in [-0.2, 0) is 19.6 Å². The number of sulfonamides is 1. The molecule has 2 aliphatic rings. The van der Waals surface area contributed by atoms with E-state index < -0.39 is 16.1 Å². The first-order valence-corrected chi connectivity index (χ1v) is 11.2. The van der Waals surface area contributed by atoms with E-state index in [-0.39, 0.29) is 17.4 Å². The lowest BCUT2D eigenvalue weighted by Gasteiger charge is -2.32. The number of rotatable bonds is 4. The maximum atomic E-state index is 12.8. The summed E-state index contributed by atoms with van der Waals surface area (Å²) in [6.07, 6.45) is -0.758. The van der Waals surface area contributed by atoms with Crippen molar-refractivity contribution in [3.05, 3.63) is 47.5 Å². The molecule has 4 rings (SSSR count). The van der Waals surface area contributed by atoms with Crippen LogP contribution in [0.25, 0.3) is 0 Å². The summed E-state index contributed by atoms with van der Waals surface area (Å²) in [5.41, 5.74) is 2.57. The molecule has 8 nitrogen and oxygen atoms in total. The number of carbonyl (C=O) groups is 1. The van der Waals surface area contributed by atoms with Crippen LogP contribution in [0.15, 0.2) is 41.3 Å². The summed E-state index contributed by atoms with van der Waals surface area (Å²) >= 11 is 0. The second kappa shape index (κ2) is 8.16. The third kappa shape index (κ3) is 4.22. The number of fused-ring (bicyclic) bond motifs is 1. The zero-order chi connectivity index (χ0) is 21.3. The molecule has 0 saturated carbocycles. The number of hydrogen-bond donors (Lipinski definition) is 1. The molecule has 1 N–H and O–H groups in total. The van der Waals surface area contributed by atoms with Crippen molar-refractivity contribution in [1.29, 1.82) is 0 Å². The van der Waals surface area contributed by atoms with Crippen LogP contribution in [0.2, 0.25) is 0 Å². The Kier molecular flexibility index (Phi) is 5.57. The molecule has 2 heterocycles. The molecule has 0 aliphatic carbocycles. The summed E-state index contributed by atoms with van der Waals surface area (Å²) in [6.45, 7) is 5.96. The van der Waals surface area contributed by atoms with E-state index in [4.69, 9.17) is 14.2 Å². The number of hydrogen-bond acceptors (Lipinski definition) is 6. The molecule has 2 aliphatic heterocycles. The SMILES string of the molecule is Cc1ccc(NS(=O)(=O)c2ccc3c(c2)OC[C@H](C(=O)N2CCOCC2)O3)cc1C. The maximum absolute atomic E-state index is 12.8. The van der Waals surface area contributed by atoms with Gasteiger partial charge in [-0.3, -0.25) is 9.52 Å². The van der Waals surface area contributed by atoms with Crippen LogP contribution in [-0.4, -0.2) is 58.2 Å². The highest BCUT2D eigenvalue weighted by molar-refractivity contribution is 7.92. The number of ether oxygens (including phenoxy) is 3. The number of morpholine rings is 1. The van der Waals surface area contributed by atoms with Crippen LogP contribution in [0, 0.1) is 13.8 Å². The number of nitrogens with one attached hydrogen (secondary N) is 1. The van der Waals surface area contributed by atoms with Crippen molar-refractivity contribution in [2.75, 3.05) is 37.6 Å². The second-order valence-electron chi connectivity index (χ2n) is 7.37. The van der Waals surface area contributed by atoms with Gasteiger partial charge in [0.1, 0.15) is 6.61 Å². The van der Waals surface area contributed by atoms with Crippen molar-refractivity contribution in [2.24, 2.45) is 0 Å². The van der Waals surface area contributed by atoms with Crippen LogP contribution in [0.5, 0.6) is 11.5 Å². The van der Waals surface area contributed by atoms with Crippen LogP contribution < -0.4 is 14.2 Å². The highest BCUT2D eigenvalue weighted by Crippen LogP contribution is 2.34. The average molecular weight is 432 g/mol. The van der Waals surface area contributed by atoms with Crippen molar-refractivity contribution in [3.8, 4) is 11.5 Å². The van der Waals surface area contributed by atoms with E-state index in [2.05, 4.69) is 4.72 Å². The third-order valence-electron chi connectivity index (χ3n) is 5.24. The number of nitrogens with zero attached hydrogens (tertiary/aromatic N) is 1. The van der Waals surface area contributed by atoms with E-state index in [0.717, 1.165) is 11.1 Å². The van der Waals surface area contributed by atoms with Crippen molar-refractivity contribution in [1.82, 2.24) is 4.90 Å². The maximum Gasteiger partial charge on any atom is 0.267 e. The van der Waals surface area contributed by atoms with Gasteiger partial charge in [-0.15, -0.1) is 0 Å². The van der Waals surface area contributed by atoms with Crippen LogP contribution in [0.1, 0.15) is 11.1 Å². The Labute approximate surface area is 175 Å². The van der Waals surface area contributed by atoms with E-state index in [1.807, 2.05) is 19.9 Å². The zero-order valence-corrected chi connectivity index (χ0v) is 17.7. The first-order chi connectivity index (χ1) is 14.3. The van der Waals surface area contributed by atoms with Gasteiger partial charge in [0.25, 0.3) is 15.9 Å². The monoisotopic (exact) mass is 432 g/mol. The Morgan fingerprint density at radius 1 is 1.03 bits per heavy atom. The molecule has 0 radical (unpaired) electrons. The molecule has 2 aromatic rings. The quantitative estimate of drug-likeness (QED) is 0.795. The number of benzene rings is 2. The molecule has 2 aromatic carbocycles. The number of aryl methyl sites for hydroxylation is 2. The van der Waals surface area contributed by atoms with Crippen molar-refractivity contribution in [2.45, 2.75) is 24.8 Å². The van der Waals surface area contributed by atoms with E-state index in [1.165, 1.54) is 18.2 Å². The summed E-state index contributed by atoms with van der Waals surface area (Å²) in [5, 5.41) is 0. The van der Waals surface area contributed by atoms with Crippen LogP contribution >= 0.6 is 0 Å². The molecule has 1 atom stereocenters. The van der Waals surface area contributed by atoms with Crippen LogP contribution in [0.3, 0.4) is 0 Å². The molecule has 1 saturated heterocycles. The lowest BCUT2D eigenvalue weighted by molar-refractivity contribution is -0.145. The number of amides is 1. The van der Waals surface area contributed by atoms with Gasteiger partial charge >= 0.3 is 0 Å². The fraction of sp³-hybridized carbons (Fsp3) is 0.381. The summed E-state index contributed by atoms with van der Waals surface area (Å²) < 4.78 is 44.9. The fourth-order valence-electron chi connectivity index (χ4n) is 3.35. The van der Waals surface area contributed by atoms with Crippen molar-refractivity contribution in [3.63, 3.8) is 0 Å². The predicted octanol–water partition coefficient (Wildman–Crippen LogP) is 2.10. The highest BCUT2D eigenvalue weighted by atomic mass is 32.2. The normalized spacial score (nSPS) is 18.7. The Morgan fingerprint density at radius 3 is 2.53 bits per heavy atom. The molecule has 1 fully saturated rings. The van der Waals surface area contributed by atoms with Gasteiger partial charge in [-0.25, -0.2) is 8.42 Å². The number of anilines is 1. The molecule has 0 spiro atoms. The minimum atomic E-state index is -3.80. The lowest BCUT2D eigenvalue weighted by atomic mass is 10.1. The Morgan fingerprint density at radius 2 is 1.80 bits per heavy atom. The second-order valence-corrected chi connectivity index (χ2v) is 9.05. The highest BCUT2D eigenvalue weighted by Gasteiger charge is 2.32.